The van der Waals surface area contributed by atoms with Crippen molar-refractivity contribution < 1.29 is 14.3 Å². The van der Waals surface area contributed by atoms with Crippen LogP contribution in [0.1, 0.15) is 26.7 Å². The lowest BCUT2D eigenvalue weighted by Gasteiger charge is -2.32. The Bertz CT molecular complexity index is 367. The number of morpholine rings is 1. The van der Waals surface area contributed by atoms with Gasteiger partial charge in [-0.3, -0.25) is 14.5 Å². The molecule has 0 aromatic rings. The number of nitrogens with zero attached hydrogens (tertiary/aromatic N) is 2. The second-order valence-electron chi connectivity index (χ2n) is 6.25. The standard InChI is InChI=1S/C15H27N3O3/c1-12(2)10-13-15(20)16-4-3-5-18(13)11-14(19)17-6-8-21-9-7-17/h12-13H,3-11H2,1-2H3,(H,16,20)/t13-/m0/s1. The Morgan fingerprint density at radius 3 is 2.71 bits per heavy atom. The number of hydrogen-bond donors (Lipinski definition) is 1. The van der Waals surface area contributed by atoms with Gasteiger partial charge in [0.05, 0.1) is 25.8 Å². The molecule has 120 valence electrons. The molecule has 0 saturated carbocycles. The summed E-state index contributed by atoms with van der Waals surface area (Å²) in [6.45, 7) is 8.61. The van der Waals surface area contributed by atoms with Gasteiger partial charge in [0.2, 0.25) is 11.8 Å². The highest BCUT2D eigenvalue weighted by Gasteiger charge is 2.31. The maximum Gasteiger partial charge on any atom is 0.237 e. The van der Waals surface area contributed by atoms with Gasteiger partial charge in [-0.2, -0.15) is 0 Å². The largest absolute Gasteiger partial charge is 0.378 e. The molecule has 2 heterocycles. The Hall–Kier alpha value is -1.14. The van der Waals surface area contributed by atoms with Crippen molar-refractivity contribution in [3.05, 3.63) is 0 Å². The number of rotatable bonds is 4. The van der Waals surface area contributed by atoms with Crippen molar-refractivity contribution in [1.29, 1.82) is 0 Å². The molecule has 2 amide bonds. The quantitative estimate of drug-likeness (QED) is 0.798. The monoisotopic (exact) mass is 297 g/mol. The molecule has 21 heavy (non-hydrogen) atoms. The van der Waals surface area contributed by atoms with Crippen LogP contribution in [0.2, 0.25) is 0 Å². The van der Waals surface area contributed by atoms with Gasteiger partial charge in [-0.05, 0) is 18.8 Å². The fourth-order valence-corrected chi connectivity index (χ4v) is 2.91. The highest BCUT2D eigenvalue weighted by atomic mass is 16.5. The van der Waals surface area contributed by atoms with Crippen LogP contribution >= 0.6 is 0 Å². The first-order chi connectivity index (χ1) is 10.1. The molecular formula is C15H27N3O3. The molecule has 0 aromatic carbocycles. The molecule has 0 unspecified atom stereocenters. The Balaban J connectivity index is 1.99. The molecule has 2 aliphatic rings. The summed E-state index contributed by atoms with van der Waals surface area (Å²) in [5.74, 6) is 0.609. The van der Waals surface area contributed by atoms with Crippen molar-refractivity contribution in [3.63, 3.8) is 0 Å². The molecule has 0 bridgehead atoms. The first kappa shape index (κ1) is 16.2. The summed E-state index contributed by atoms with van der Waals surface area (Å²) >= 11 is 0. The van der Waals surface area contributed by atoms with Crippen LogP contribution in [0.3, 0.4) is 0 Å². The van der Waals surface area contributed by atoms with E-state index < -0.39 is 0 Å². The van der Waals surface area contributed by atoms with Gasteiger partial charge < -0.3 is 15.0 Å². The van der Waals surface area contributed by atoms with Crippen molar-refractivity contribution in [2.75, 3.05) is 45.9 Å². The van der Waals surface area contributed by atoms with Crippen molar-refractivity contribution in [1.82, 2.24) is 15.1 Å². The van der Waals surface area contributed by atoms with Crippen LogP contribution in [-0.2, 0) is 14.3 Å². The van der Waals surface area contributed by atoms with E-state index in [4.69, 9.17) is 4.74 Å². The van der Waals surface area contributed by atoms with E-state index >= 15 is 0 Å². The highest BCUT2D eigenvalue weighted by molar-refractivity contribution is 5.84. The van der Waals surface area contributed by atoms with Gasteiger partial charge in [-0.15, -0.1) is 0 Å². The summed E-state index contributed by atoms with van der Waals surface area (Å²) in [6, 6.07) is -0.183. The molecular weight excluding hydrogens is 270 g/mol. The molecule has 1 N–H and O–H groups in total. The predicted molar refractivity (Wildman–Crippen MR) is 79.8 cm³/mol. The zero-order chi connectivity index (χ0) is 15.2. The van der Waals surface area contributed by atoms with Gasteiger partial charge in [0.1, 0.15) is 0 Å². The molecule has 0 spiro atoms. The van der Waals surface area contributed by atoms with Gasteiger partial charge in [-0.1, -0.05) is 13.8 Å². The zero-order valence-electron chi connectivity index (χ0n) is 13.1. The summed E-state index contributed by atoms with van der Waals surface area (Å²) in [7, 11) is 0. The molecule has 0 aliphatic carbocycles. The molecule has 2 fully saturated rings. The van der Waals surface area contributed by atoms with Crippen molar-refractivity contribution in [3.8, 4) is 0 Å². The lowest BCUT2D eigenvalue weighted by Crippen LogP contribution is -2.51. The van der Waals surface area contributed by atoms with Crippen LogP contribution in [0, 0.1) is 5.92 Å². The van der Waals surface area contributed by atoms with Gasteiger partial charge in [0, 0.05) is 26.2 Å². The van der Waals surface area contributed by atoms with E-state index in [-0.39, 0.29) is 17.9 Å². The number of amides is 2. The fourth-order valence-electron chi connectivity index (χ4n) is 2.91. The van der Waals surface area contributed by atoms with Gasteiger partial charge in [0.15, 0.2) is 0 Å². The first-order valence-electron chi connectivity index (χ1n) is 7.95. The minimum Gasteiger partial charge on any atom is -0.378 e. The third-order valence-corrected chi connectivity index (χ3v) is 4.06. The van der Waals surface area contributed by atoms with Crippen molar-refractivity contribution in [2.45, 2.75) is 32.7 Å². The number of carbonyl (C=O) groups is 2. The third kappa shape index (κ3) is 4.68. The number of ether oxygens (including phenoxy) is 1. The summed E-state index contributed by atoms with van der Waals surface area (Å²) in [6.07, 6.45) is 1.69. The summed E-state index contributed by atoms with van der Waals surface area (Å²) in [5.41, 5.74) is 0. The molecule has 6 heteroatoms. The van der Waals surface area contributed by atoms with E-state index in [1.165, 1.54) is 0 Å². The molecule has 1 atom stereocenters. The highest BCUT2D eigenvalue weighted by Crippen LogP contribution is 2.15. The fraction of sp³-hybridized carbons (Fsp3) is 0.867. The van der Waals surface area contributed by atoms with E-state index in [2.05, 4.69) is 24.1 Å². The van der Waals surface area contributed by atoms with Crippen LogP contribution in [0.5, 0.6) is 0 Å². The molecule has 2 saturated heterocycles. The third-order valence-electron chi connectivity index (χ3n) is 4.06. The second-order valence-corrected chi connectivity index (χ2v) is 6.25. The molecule has 6 nitrogen and oxygen atoms in total. The molecule has 2 aliphatic heterocycles. The van der Waals surface area contributed by atoms with Gasteiger partial charge >= 0.3 is 0 Å². The minimum absolute atomic E-state index is 0.0657. The average molecular weight is 297 g/mol. The Labute approximate surface area is 126 Å². The molecule has 0 radical (unpaired) electrons. The number of carbonyl (C=O) groups excluding carboxylic acids is 2. The number of hydrogen-bond acceptors (Lipinski definition) is 4. The lowest BCUT2D eigenvalue weighted by molar-refractivity contribution is -0.138. The Morgan fingerprint density at radius 2 is 2.05 bits per heavy atom. The summed E-state index contributed by atoms with van der Waals surface area (Å²) in [4.78, 5) is 28.5. The minimum atomic E-state index is -0.183. The van der Waals surface area contributed by atoms with Crippen LogP contribution < -0.4 is 5.32 Å². The first-order valence-corrected chi connectivity index (χ1v) is 7.95. The second kappa shape index (κ2) is 7.75. The lowest BCUT2D eigenvalue weighted by atomic mass is 10.0. The topological polar surface area (TPSA) is 61.9 Å². The summed E-state index contributed by atoms with van der Waals surface area (Å²) in [5, 5.41) is 2.96. The molecule has 0 aromatic heterocycles. The van der Waals surface area contributed by atoms with E-state index in [0.29, 0.717) is 45.3 Å². The zero-order valence-corrected chi connectivity index (χ0v) is 13.1. The smallest absolute Gasteiger partial charge is 0.237 e. The van der Waals surface area contributed by atoms with Crippen LogP contribution in [0.4, 0.5) is 0 Å². The van der Waals surface area contributed by atoms with E-state index in [9.17, 15) is 9.59 Å². The van der Waals surface area contributed by atoms with Crippen LogP contribution in [-0.4, -0.2) is 73.6 Å². The van der Waals surface area contributed by atoms with Crippen LogP contribution in [0.25, 0.3) is 0 Å². The average Bonchev–Trinajstić information content (AvgIpc) is 2.63. The van der Waals surface area contributed by atoms with Gasteiger partial charge in [0.25, 0.3) is 0 Å². The van der Waals surface area contributed by atoms with Gasteiger partial charge in [-0.25, -0.2) is 0 Å². The Morgan fingerprint density at radius 1 is 1.33 bits per heavy atom. The predicted octanol–water partition coefficient (Wildman–Crippen LogP) is 0.0818. The van der Waals surface area contributed by atoms with Crippen LogP contribution in [0.15, 0.2) is 0 Å². The van der Waals surface area contributed by atoms with E-state index in [0.717, 1.165) is 19.4 Å². The SMILES string of the molecule is CC(C)C[C@H]1C(=O)NCCCN1CC(=O)N1CCOCC1. The maximum absolute atomic E-state index is 12.4. The normalized spacial score (nSPS) is 24.8. The number of nitrogens with one attached hydrogen (secondary N) is 1. The van der Waals surface area contributed by atoms with Crippen molar-refractivity contribution in [2.24, 2.45) is 5.92 Å². The maximum atomic E-state index is 12.4. The van der Waals surface area contributed by atoms with E-state index in [1.54, 1.807) is 0 Å². The molecule has 2 rings (SSSR count). The van der Waals surface area contributed by atoms with E-state index in [1.807, 2.05) is 4.90 Å². The summed E-state index contributed by atoms with van der Waals surface area (Å²) < 4.78 is 5.28. The van der Waals surface area contributed by atoms with Crippen molar-refractivity contribution >= 4 is 11.8 Å². The Kier molecular flexibility index (Phi) is 5.99.